The van der Waals surface area contributed by atoms with Crippen molar-refractivity contribution in [3.63, 3.8) is 0 Å². The van der Waals surface area contributed by atoms with Crippen LogP contribution in [0, 0.1) is 0 Å². The van der Waals surface area contributed by atoms with Crippen LogP contribution >= 0.6 is 11.3 Å². The molecule has 2 aromatic heterocycles. The summed E-state index contributed by atoms with van der Waals surface area (Å²) in [6, 6.07) is 42.5. The molecular weight excluding hydrogens is 605 g/mol. The van der Waals surface area contributed by atoms with Crippen LogP contribution in [0.4, 0.5) is 17.1 Å². The van der Waals surface area contributed by atoms with E-state index in [1.54, 1.807) is 0 Å². The number of oxazole rings is 1. The Morgan fingerprint density at radius 2 is 1.42 bits per heavy atom. The molecule has 0 N–H and O–H groups in total. The summed E-state index contributed by atoms with van der Waals surface area (Å²) in [6.45, 7) is 4.70. The van der Waals surface area contributed by atoms with Gasteiger partial charge in [-0.15, -0.1) is 11.3 Å². The summed E-state index contributed by atoms with van der Waals surface area (Å²) in [4.78, 5) is 7.27. The molecule has 0 fully saturated rings. The average Bonchev–Trinajstić information content (AvgIpc) is 3.79. The molecule has 0 saturated heterocycles. The maximum Gasteiger partial charge on any atom is 0.227 e. The summed E-state index contributed by atoms with van der Waals surface area (Å²) in [5.41, 5.74) is 11.5. The van der Waals surface area contributed by atoms with Crippen LogP contribution in [0.2, 0.25) is 0 Å². The molecule has 6 aromatic carbocycles. The van der Waals surface area contributed by atoms with Gasteiger partial charge >= 0.3 is 0 Å². The molecule has 3 nitrogen and oxygen atoms in total. The van der Waals surface area contributed by atoms with Crippen LogP contribution in [0.15, 0.2) is 138 Å². The molecular formula is C44H32N2OS. The zero-order valence-electron chi connectivity index (χ0n) is 26.8. The van der Waals surface area contributed by atoms with E-state index in [0.29, 0.717) is 5.89 Å². The molecule has 48 heavy (non-hydrogen) atoms. The molecule has 0 unspecified atom stereocenters. The van der Waals surface area contributed by atoms with Crippen LogP contribution in [0.5, 0.6) is 0 Å². The molecule has 0 aliphatic heterocycles. The first-order valence-corrected chi connectivity index (χ1v) is 17.5. The second kappa shape index (κ2) is 10.3. The topological polar surface area (TPSA) is 29.3 Å². The van der Waals surface area contributed by atoms with Crippen LogP contribution < -0.4 is 4.90 Å². The fraction of sp³-hybridized carbons (Fsp3) is 0.114. The molecule has 2 aliphatic carbocycles. The number of fused-ring (bicyclic) bond motifs is 9. The van der Waals surface area contributed by atoms with Crippen LogP contribution in [0.3, 0.4) is 0 Å². The number of nitrogens with zero attached hydrogens (tertiary/aromatic N) is 2. The number of allylic oxidation sites excluding steroid dienone is 4. The van der Waals surface area contributed by atoms with Gasteiger partial charge in [-0.2, -0.15) is 0 Å². The van der Waals surface area contributed by atoms with Crippen molar-refractivity contribution in [2.45, 2.75) is 32.1 Å². The highest BCUT2D eigenvalue weighted by Gasteiger charge is 2.35. The monoisotopic (exact) mass is 636 g/mol. The molecule has 8 aromatic rings. The second-order valence-electron chi connectivity index (χ2n) is 13.5. The third-order valence-corrected chi connectivity index (χ3v) is 11.4. The van der Waals surface area contributed by atoms with Crippen molar-refractivity contribution in [3.8, 4) is 11.1 Å². The Balaban J connectivity index is 1.16. The first-order chi connectivity index (χ1) is 23.5. The van der Waals surface area contributed by atoms with Gasteiger partial charge in [0, 0.05) is 53.6 Å². The lowest BCUT2D eigenvalue weighted by molar-refractivity contribution is 0.588. The lowest BCUT2D eigenvalue weighted by atomic mass is 9.82. The highest BCUT2D eigenvalue weighted by molar-refractivity contribution is 7.25. The summed E-state index contributed by atoms with van der Waals surface area (Å²) in [5, 5.41) is 4.81. The zero-order chi connectivity index (χ0) is 32.0. The normalized spacial score (nSPS) is 14.9. The van der Waals surface area contributed by atoms with Gasteiger partial charge in [-0.3, -0.25) is 0 Å². The third kappa shape index (κ3) is 4.09. The Bertz CT molecular complexity index is 2670. The van der Waals surface area contributed by atoms with E-state index in [2.05, 4.69) is 152 Å². The van der Waals surface area contributed by atoms with Crippen molar-refractivity contribution >= 4 is 76.0 Å². The van der Waals surface area contributed by atoms with Gasteiger partial charge in [-0.25, -0.2) is 4.98 Å². The third-order valence-electron chi connectivity index (χ3n) is 10.3. The van der Waals surface area contributed by atoms with Crippen LogP contribution in [0.25, 0.3) is 58.7 Å². The molecule has 0 amide bonds. The van der Waals surface area contributed by atoms with Gasteiger partial charge in [0.05, 0.1) is 0 Å². The maximum atomic E-state index is 6.43. The molecule has 0 spiro atoms. The predicted octanol–water partition coefficient (Wildman–Crippen LogP) is 12.9. The lowest BCUT2D eigenvalue weighted by Gasteiger charge is -2.28. The average molecular weight is 637 g/mol. The Labute approximate surface area is 283 Å². The van der Waals surface area contributed by atoms with Crippen molar-refractivity contribution in [2.75, 3.05) is 4.90 Å². The molecule has 0 saturated carbocycles. The van der Waals surface area contributed by atoms with Crippen molar-refractivity contribution in [2.24, 2.45) is 0 Å². The number of aromatic nitrogens is 1. The molecule has 4 heteroatoms. The molecule has 0 atom stereocenters. The number of anilines is 3. The summed E-state index contributed by atoms with van der Waals surface area (Å²) < 4.78 is 9.03. The van der Waals surface area contributed by atoms with Gasteiger partial charge in [0.15, 0.2) is 5.58 Å². The number of rotatable bonds is 4. The van der Waals surface area contributed by atoms with Crippen LogP contribution in [0.1, 0.15) is 43.7 Å². The summed E-state index contributed by atoms with van der Waals surface area (Å²) >= 11 is 1.86. The second-order valence-corrected chi connectivity index (χ2v) is 14.6. The van der Waals surface area contributed by atoms with Crippen molar-refractivity contribution in [1.82, 2.24) is 4.98 Å². The van der Waals surface area contributed by atoms with E-state index in [4.69, 9.17) is 9.40 Å². The number of hydrogen-bond donors (Lipinski definition) is 0. The first-order valence-electron chi connectivity index (χ1n) is 16.7. The predicted molar refractivity (Wildman–Crippen MR) is 203 cm³/mol. The number of benzene rings is 6. The fourth-order valence-corrected chi connectivity index (χ4v) is 9.01. The molecule has 230 valence electrons. The van der Waals surface area contributed by atoms with Crippen LogP contribution in [-0.4, -0.2) is 4.98 Å². The minimum absolute atomic E-state index is 0.0923. The van der Waals surface area contributed by atoms with Gasteiger partial charge in [-0.05, 0) is 95.1 Å². The van der Waals surface area contributed by atoms with Gasteiger partial charge in [0.2, 0.25) is 5.89 Å². The minimum Gasteiger partial charge on any atom is -0.435 e. The van der Waals surface area contributed by atoms with Crippen molar-refractivity contribution < 1.29 is 4.42 Å². The van der Waals surface area contributed by atoms with Crippen molar-refractivity contribution in [1.29, 1.82) is 0 Å². The largest absolute Gasteiger partial charge is 0.435 e. The van der Waals surface area contributed by atoms with Crippen LogP contribution in [-0.2, 0) is 5.41 Å². The van der Waals surface area contributed by atoms with E-state index >= 15 is 0 Å². The fourth-order valence-electron chi connectivity index (χ4n) is 7.87. The van der Waals surface area contributed by atoms with E-state index in [1.165, 1.54) is 42.4 Å². The Morgan fingerprint density at radius 3 is 2.31 bits per heavy atom. The standard InChI is InChI=1S/C44H32N2OS/c1-44(2)37-14-8-6-12-33(37)34-21-18-30(25-38(34)44)46(31-19-22-36-35-13-7-9-15-40(35)48-41(36)26-31)29-17-20-32-28(24-29)16-23-39-42(32)47-43(45-39)27-10-4-3-5-11-27/h4,6-26H,3,5H2,1-2H3. The lowest BCUT2D eigenvalue weighted by Crippen LogP contribution is -2.16. The summed E-state index contributed by atoms with van der Waals surface area (Å²) in [7, 11) is 0. The smallest absolute Gasteiger partial charge is 0.227 e. The van der Waals surface area contributed by atoms with Gasteiger partial charge in [0.25, 0.3) is 0 Å². The SMILES string of the molecule is CC1(C)c2ccccc2-c2ccc(N(c3ccc4c(ccc5nc(C6=CCCC=C6)oc54)c3)c3ccc4c(c3)sc3ccccc34)cc21. The molecule has 10 rings (SSSR count). The number of thiophene rings is 1. The minimum atomic E-state index is -0.0923. The highest BCUT2D eigenvalue weighted by atomic mass is 32.1. The zero-order valence-corrected chi connectivity index (χ0v) is 27.6. The first kappa shape index (κ1) is 27.6. The molecule has 2 aliphatic rings. The van der Waals surface area contributed by atoms with E-state index in [9.17, 15) is 0 Å². The molecule has 2 heterocycles. The van der Waals surface area contributed by atoms with E-state index in [-0.39, 0.29) is 5.41 Å². The summed E-state index contributed by atoms with van der Waals surface area (Å²) in [5.74, 6) is 0.692. The van der Waals surface area contributed by atoms with E-state index < -0.39 is 0 Å². The highest BCUT2D eigenvalue weighted by Crippen LogP contribution is 2.51. The van der Waals surface area contributed by atoms with Crippen molar-refractivity contribution in [3.05, 3.63) is 151 Å². The number of hydrogen-bond acceptors (Lipinski definition) is 4. The molecule has 0 radical (unpaired) electrons. The van der Waals surface area contributed by atoms with Gasteiger partial charge in [0.1, 0.15) is 5.52 Å². The summed E-state index contributed by atoms with van der Waals surface area (Å²) in [6.07, 6.45) is 8.61. The molecule has 0 bridgehead atoms. The Kier molecular flexibility index (Phi) is 5.92. The van der Waals surface area contributed by atoms with Gasteiger partial charge in [-0.1, -0.05) is 92.7 Å². The van der Waals surface area contributed by atoms with E-state index in [1.807, 2.05) is 11.3 Å². The quantitative estimate of drug-likeness (QED) is 0.192. The maximum absolute atomic E-state index is 6.43. The Hall–Kier alpha value is -5.45. The van der Waals surface area contributed by atoms with Gasteiger partial charge < -0.3 is 9.32 Å². The van der Waals surface area contributed by atoms with E-state index in [0.717, 1.165) is 57.3 Å². The Morgan fingerprint density at radius 1 is 0.667 bits per heavy atom.